The van der Waals surface area contributed by atoms with Gasteiger partial charge in [0.2, 0.25) is 0 Å². The van der Waals surface area contributed by atoms with Crippen molar-refractivity contribution in [3.8, 4) is 0 Å². The first kappa shape index (κ1) is 65.1. The molecule has 14 N–H and O–H groups in total. The SMILES string of the molecule is Cc1ccc(N=Nc2c(C(=O)O)cc(N)c(N=Nc3ccc(S(=O)(=O)CCOS(=O)(=O)O)cc3)c2N)c(S(=O)(=O)O)c1.Nc1cc(C(=O)O)c(N=Nc2ccccc2S(=O)(=O)O)c(N)c1N=Nc1ccc(S(=O)(=O)CCOS(=O)(=O)O)cc1. The second kappa shape index (κ2) is 26.1. The third-order valence-corrected chi connectivity index (χ3v) is 16.4. The van der Waals surface area contributed by atoms with Gasteiger partial charge in [-0.15, -0.1) is 30.7 Å². The summed E-state index contributed by atoms with van der Waals surface area (Å²) in [5.74, 6) is -4.49. The average Bonchev–Trinajstić information content (AvgIpc) is 3.35. The molecule has 0 aliphatic heterocycles. The number of rotatable bonds is 22. The number of nitrogens with two attached hydrogens (primary N) is 4. The van der Waals surface area contributed by atoms with Crippen LogP contribution in [-0.2, 0) is 69.1 Å². The molecule has 6 aromatic carbocycles. The van der Waals surface area contributed by atoms with Gasteiger partial charge in [-0.05, 0) is 97.4 Å². The van der Waals surface area contributed by atoms with E-state index in [0.29, 0.717) is 5.56 Å². The van der Waals surface area contributed by atoms with Crippen LogP contribution < -0.4 is 22.9 Å². The highest BCUT2D eigenvalue weighted by atomic mass is 32.3. The molecule has 0 heterocycles. The molecule has 0 aromatic heterocycles. The van der Waals surface area contributed by atoms with Gasteiger partial charge >= 0.3 is 32.7 Å². The predicted octanol–water partition coefficient (Wildman–Crippen LogP) is 6.75. The number of hydrogen-bond acceptors (Lipinski definition) is 28. The largest absolute Gasteiger partial charge is 0.478 e. The first-order valence-corrected chi connectivity index (χ1v) is 30.9. The number of aryl methyl sites for hydroxylation is 1. The van der Waals surface area contributed by atoms with E-state index in [2.05, 4.69) is 49.3 Å². The molecule has 0 unspecified atom stereocenters. The van der Waals surface area contributed by atoms with Gasteiger partial charge in [0.1, 0.15) is 43.9 Å². The Balaban J connectivity index is 0.000000304. The van der Waals surface area contributed by atoms with E-state index in [1.807, 2.05) is 0 Å². The average molecular weight is 1270 g/mol. The zero-order valence-corrected chi connectivity index (χ0v) is 46.6. The van der Waals surface area contributed by atoms with Crippen LogP contribution >= 0.6 is 0 Å². The van der Waals surface area contributed by atoms with E-state index in [9.17, 15) is 79.4 Å². The molecule has 83 heavy (non-hydrogen) atoms. The van der Waals surface area contributed by atoms with Crippen molar-refractivity contribution in [1.29, 1.82) is 0 Å². The maximum absolute atomic E-state index is 12.3. The van der Waals surface area contributed by atoms with Crippen LogP contribution in [-0.4, -0.2) is 116 Å². The molecule has 6 aromatic rings. The normalized spacial score (nSPS) is 12.7. The number of carbonyl (C=O) groups is 2. The summed E-state index contributed by atoms with van der Waals surface area (Å²) in [4.78, 5) is 22.0. The fourth-order valence-corrected chi connectivity index (χ4v) is 10.7. The van der Waals surface area contributed by atoms with Crippen molar-refractivity contribution >= 4 is 141 Å². The number of azo groups is 4. The summed E-state index contributed by atoms with van der Waals surface area (Å²) in [5, 5.41) is 49.8. The van der Waals surface area contributed by atoms with E-state index >= 15 is 0 Å². The van der Waals surface area contributed by atoms with Gasteiger partial charge in [0.15, 0.2) is 19.7 Å². The zero-order valence-electron chi connectivity index (χ0n) is 41.7. The molecule has 442 valence electrons. The zero-order chi connectivity index (χ0) is 62.0. The Kier molecular flexibility index (Phi) is 20.4. The van der Waals surface area contributed by atoms with Crippen molar-refractivity contribution in [2.24, 2.45) is 40.9 Å². The summed E-state index contributed by atoms with van der Waals surface area (Å²) in [7, 11) is -27.0. The van der Waals surface area contributed by atoms with Gasteiger partial charge in [0, 0.05) is 0 Å². The van der Waals surface area contributed by atoms with Crippen LogP contribution in [0.5, 0.6) is 0 Å². The van der Waals surface area contributed by atoms with Gasteiger partial charge in [-0.3, -0.25) is 18.2 Å². The molecule has 0 fully saturated rings. The minimum atomic E-state index is -4.81. The quantitative estimate of drug-likeness (QED) is 0.0191. The number of anilines is 4. The lowest BCUT2D eigenvalue weighted by Crippen LogP contribution is -2.15. The summed E-state index contributed by atoms with van der Waals surface area (Å²) in [6.07, 6.45) is 0. The molecule has 0 aliphatic rings. The van der Waals surface area contributed by atoms with Gasteiger partial charge < -0.3 is 33.1 Å². The molecule has 6 rings (SSSR count). The van der Waals surface area contributed by atoms with Crippen molar-refractivity contribution in [3.05, 3.63) is 120 Å². The van der Waals surface area contributed by atoms with E-state index in [-0.39, 0.29) is 55.3 Å². The minimum Gasteiger partial charge on any atom is -0.478 e. The topological polar surface area (TPSA) is 582 Å². The van der Waals surface area contributed by atoms with Crippen molar-refractivity contribution in [3.63, 3.8) is 0 Å². The molecule has 0 atom stereocenters. The second-order valence-corrected chi connectivity index (χ2v) is 25.4. The van der Waals surface area contributed by atoms with Crippen LogP contribution in [0.1, 0.15) is 26.3 Å². The third kappa shape index (κ3) is 18.2. The Morgan fingerprint density at radius 1 is 0.446 bits per heavy atom. The molecule has 0 aliphatic carbocycles. The Morgan fingerprint density at radius 3 is 1.17 bits per heavy atom. The maximum atomic E-state index is 12.3. The van der Waals surface area contributed by atoms with Crippen LogP contribution in [0.3, 0.4) is 0 Å². The molecule has 34 nitrogen and oxygen atoms in total. The fourth-order valence-electron chi connectivity index (χ4n) is 6.44. The fraction of sp³-hybridized carbons (Fsp3) is 0.116. The van der Waals surface area contributed by atoms with Crippen LogP contribution in [0.4, 0.5) is 68.2 Å². The van der Waals surface area contributed by atoms with Crippen LogP contribution in [0.2, 0.25) is 0 Å². The lowest BCUT2D eigenvalue weighted by molar-refractivity contribution is 0.0687. The van der Waals surface area contributed by atoms with E-state index < -0.39 is 141 Å². The molecule has 0 spiro atoms. The molecular formula is C43H42N12O22S6. The highest BCUT2D eigenvalue weighted by molar-refractivity contribution is 7.91. The van der Waals surface area contributed by atoms with E-state index in [4.69, 9.17) is 32.0 Å². The van der Waals surface area contributed by atoms with Gasteiger partial charge in [-0.2, -0.15) is 43.9 Å². The third-order valence-electron chi connectivity index (χ3n) is 10.3. The van der Waals surface area contributed by atoms with Crippen molar-refractivity contribution in [2.45, 2.75) is 26.5 Å². The van der Waals surface area contributed by atoms with Gasteiger partial charge in [0.05, 0.1) is 79.8 Å². The highest BCUT2D eigenvalue weighted by Crippen LogP contribution is 2.44. The molecule has 0 bridgehead atoms. The highest BCUT2D eigenvalue weighted by Gasteiger charge is 2.24. The van der Waals surface area contributed by atoms with Crippen LogP contribution in [0.25, 0.3) is 0 Å². The summed E-state index contributed by atoms with van der Waals surface area (Å²) in [6, 6.07) is 20.3. The number of nitrogens with zero attached hydrogens (tertiary/aromatic N) is 8. The number of carboxylic acids is 2. The van der Waals surface area contributed by atoms with E-state index in [1.54, 1.807) is 6.92 Å². The monoisotopic (exact) mass is 1270 g/mol. The number of carboxylic acid groups (broad SMARTS) is 2. The number of nitrogen functional groups attached to an aromatic ring is 4. The van der Waals surface area contributed by atoms with E-state index in [0.717, 1.165) is 48.5 Å². The first-order valence-electron chi connectivity index (χ1n) is 22.0. The molecular weight excluding hydrogens is 1230 g/mol. The Labute approximate surface area is 470 Å². The number of benzene rings is 6. The Hall–Kier alpha value is -8.68. The molecule has 0 amide bonds. The maximum Gasteiger partial charge on any atom is 0.397 e. The molecule has 0 saturated heterocycles. The molecule has 0 saturated carbocycles. The van der Waals surface area contributed by atoms with Crippen molar-refractivity contribution < 1.29 is 96.9 Å². The lowest BCUT2D eigenvalue weighted by Gasteiger charge is -2.10. The number of sulfone groups is 2. The summed E-state index contributed by atoms with van der Waals surface area (Å²) in [5.41, 5.74) is 20.5. The predicted molar refractivity (Wildman–Crippen MR) is 290 cm³/mol. The summed E-state index contributed by atoms with van der Waals surface area (Å²) < 4.78 is 182. The Morgan fingerprint density at radius 2 is 0.807 bits per heavy atom. The minimum absolute atomic E-state index is 0.101. The van der Waals surface area contributed by atoms with Crippen molar-refractivity contribution in [2.75, 3.05) is 47.7 Å². The summed E-state index contributed by atoms with van der Waals surface area (Å²) >= 11 is 0. The molecule has 0 radical (unpaired) electrons. The van der Waals surface area contributed by atoms with Crippen molar-refractivity contribution in [1.82, 2.24) is 0 Å². The van der Waals surface area contributed by atoms with Gasteiger partial charge in [-0.25, -0.2) is 34.8 Å². The Bertz CT molecular complexity index is 4360. The van der Waals surface area contributed by atoms with Gasteiger partial charge in [0.25, 0.3) is 20.2 Å². The lowest BCUT2D eigenvalue weighted by atomic mass is 10.1. The van der Waals surface area contributed by atoms with Gasteiger partial charge in [-0.1, -0.05) is 18.2 Å². The molecule has 40 heteroatoms. The smallest absolute Gasteiger partial charge is 0.397 e. The van der Waals surface area contributed by atoms with E-state index in [1.165, 1.54) is 54.6 Å². The second-order valence-electron chi connectivity index (χ2n) is 16.2. The summed E-state index contributed by atoms with van der Waals surface area (Å²) in [6.45, 7) is -0.0502. The van der Waals surface area contributed by atoms with Crippen LogP contribution in [0.15, 0.2) is 164 Å². The number of aromatic carboxylic acids is 2. The first-order chi connectivity index (χ1) is 38.4. The standard InChI is InChI=1S/C22H22N6O11S3.C21H20N6O11S3/c1-12-2-7-17(18(10-12)41(33,34)35)26-27-20-15(22(29)30)11-16(23)21(19(20)24)28-25-13-3-5-14(6-4-13)40(31,32)9-8-39-42(36,37)38;22-15-11-14(21(28)29)19(26-25-16-3-1-2-4-17(16)40(32,33)34)18(23)20(15)27-24-12-5-7-13(8-6-12)39(30,31)10-9-38-41(35,36)37/h2-7,10-11H,8-9,23-24H2,1H3,(H,29,30)(H,33,34,35)(H,36,37,38);1-8,11H,9-10,22-23H2,(H,28,29)(H,32,33,34)(H,35,36,37). The van der Waals surface area contributed by atoms with Crippen LogP contribution in [0, 0.1) is 6.92 Å². The number of hydrogen-bond donors (Lipinski definition) is 10.